The molecular weight excluding hydrogens is 352 g/mol. The third-order valence-corrected chi connectivity index (χ3v) is 4.76. The molecule has 0 aliphatic carbocycles. The van der Waals surface area contributed by atoms with Gasteiger partial charge in [0, 0.05) is 32.7 Å². The van der Waals surface area contributed by atoms with E-state index in [0.29, 0.717) is 18.9 Å². The number of anilines is 1. The van der Waals surface area contributed by atoms with Crippen molar-refractivity contribution in [3.05, 3.63) is 54.1 Å². The summed E-state index contributed by atoms with van der Waals surface area (Å²) >= 11 is 0. The van der Waals surface area contributed by atoms with Crippen molar-refractivity contribution in [2.75, 3.05) is 44.2 Å². The molecule has 150 valence electrons. The molecule has 0 saturated carbocycles. The monoisotopic (exact) mass is 382 g/mol. The zero-order chi connectivity index (χ0) is 19.8. The summed E-state index contributed by atoms with van der Waals surface area (Å²) in [5.74, 6) is 2.16. The molecule has 2 aromatic rings. The number of piperazine rings is 1. The van der Waals surface area contributed by atoms with Crippen LogP contribution in [0.1, 0.15) is 19.4 Å². The van der Waals surface area contributed by atoms with E-state index < -0.39 is 0 Å². The van der Waals surface area contributed by atoms with Gasteiger partial charge in [0.15, 0.2) is 5.96 Å². The Morgan fingerprint density at radius 1 is 1.07 bits per heavy atom. The Bertz CT molecular complexity index is 786. The summed E-state index contributed by atoms with van der Waals surface area (Å²) in [6, 6.07) is 15.6. The third-order valence-electron chi connectivity index (χ3n) is 4.76. The maximum absolute atomic E-state index is 10.1. The van der Waals surface area contributed by atoms with Gasteiger partial charge >= 0.3 is 0 Å². The summed E-state index contributed by atoms with van der Waals surface area (Å²) in [4.78, 5) is 9.34. The van der Waals surface area contributed by atoms with Crippen LogP contribution in [0.15, 0.2) is 53.5 Å². The number of nitrogens with zero attached hydrogens (tertiary/aromatic N) is 3. The summed E-state index contributed by atoms with van der Waals surface area (Å²) in [6.45, 7) is 9.60. The molecule has 2 N–H and O–H groups in total. The Kier molecular flexibility index (Phi) is 7.00. The van der Waals surface area contributed by atoms with Gasteiger partial charge in [-0.05, 0) is 43.7 Å². The number of aliphatic imine (C=N–C) groups is 1. The molecule has 0 atom stereocenters. The maximum atomic E-state index is 10.1. The van der Waals surface area contributed by atoms with Gasteiger partial charge in [-0.25, -0.2) is 4.99 Å². The second-order valence-corrected chi connectivity index (χ2v) is 6.71. The van der Waals surface area contributed by atoms with Crippen LogP contribution in [-0.4, -0.2) is 55.3 Å². The molecule has 0 unspecified atom stereocenters. The van der Waals surface area contributed by atoms with Crippen LogP contribution >= 0.6 is 0 Å². The number of benzene rings is 2. The zero-order valence-corrected chi connectivity index (χ0v) is 16.8. The summed E-state index contributed by atoms with van der Waals surface area (Å²) in [6.07, 6.45) is 0. The largest absolute Gasteiger partial charge is 0.506 e. The molecule has 3 rings (SSSR count). The molecule has 1 saturated heterocycles. The highest BCUT2D eigenvalue weighted by Gasteiger charge is 2.21. The van der Waals surface area contributed by atoms with Gasteiger partial charge in [0.2, 0.25) is 0 Å². The molecule has 28 heavy (non-hydrogen) atoms. The fourth-order valence-corrected chi connectivity index (χ4v) is 3.38. The molecule has 1 aliphatic rings. The lowest BCUT2D eigenvalue weighted by atomic mass is 10.2. The Hall–Kier alpha value is -2.89. The van der Waals surface area contributed by atoms with Crippen molar-refractivity contribution >= 4 is 11.6 Å². The highest BCUT2D eigenvalue weighted by atomic mass is 16.5. The fourth-order valence-electron chi connectivity index (χ4n) is 3.38. The maximum Gasteiger partial charge on any atom is 0.194 e. The van der Waals surface area contributed by atoms with Gasteiger partial charge in [-0.3, -0.25) is 0 Å². The van der Waals surface area contributed by atoms with E-state index in [1.165, 1.54) is 0 Å². The number of para-hydroxylation sites is 2. The van der Waals surface area contributed by atoms with Gasteiger partial charge in [0.1, 0.15) is 11.5 Å². The van der Waals surface area contributed by atoms with E-state index in [9.17, 15) is 5.11 Å². The van der Waals surface area contributed by atoms with Gasteiger partial charge in [-0.15, -0.1) is 0 Å². The molecule has 0 radical (unpaired) electrons. The minimum absolute atomic E-state index is 0.339. The number of phenolic OH excluding ortho intramolecular Hbond substituents is 1. The van der Waals surface area contributed by atoms with Crippen LogP contribution in [0.4, 0.5) is 5.69 Å². The lowest BCUT2D eigenvalue weighted by Gasteiger charge is -2.37. The Labute approximate surface area is 167 Å². The minimum Gasteiger partial charge on any atom is -0.506 e. The van der Waals surface area contributed by atoms with Crippen molar-refractivity contribution in [2.45, 2.75) is 20.4 Å². The molecule has 2 aromatic carbocycles. The number of guanidine groups is 1. The van der Waals surface area contributed by atoms with Crippen molar-refractivity contribution in [2.24, 2.45) is 4.99 Å². The van der Waals surface area contributed by atoms with Crippen molar-refractivity contribution in [3.8, 4) is 11.5 Å². The van der Waals surface area contributed by atoms with E-state index in [0.717, 1.165) is 55.7 Å². The summed E-state index contributed by atoms with van der Waals surface area (Å²) in [5.41, 5.74) is 2.03. The van der Waals surface area contributed by atoms with Crippen LogP contribution in [-0.2, 0) is 6.54 Å². The van der Waals surface area contributed by atoms with E-state index in [1.54, 1.807) is 6.07 Å². The second-order valence-electron chi connectivity index (χ2n) is 6.71. The predicted molar refractivity (Wildman–Crippen MR) is 114 cm³/mol. The Morgan fingerprint density at radius 2 is 1.86 bits per heavy atom. The number of hydrogen-bond donors (Lipinski definition) is 2. The molecule has 0 spiro atoms. The summed E-state index contributed by atoms with van der Waals surface area (Å²) in [5, 5.41) is 13.5. The molecule has 0 aromatic heterocycles. The van der Waals surface area contributed by atoms with Gasteiger partial charge in [-0.1, -0.05) is 24.3 Å². The van der Waals surface area contributed by atoms with Crippen LogP contribution < -0.4 is 15.0 Å². The smallest absolute Gasteiger partial charge is 0.194 e. The first-order valence-corrected chi connectivity index (χ1v) is 9.99. The van der Waals surface area contributed by atoms with Crippen molar-refractivity contribution in [3.63, 3.8) is 0 Å². The van der Waals surface area contributed by atoms with Crippen LogP contribution in [0.5, 0.6) is 11.5 Å². The third kappa shape index (κ3) is 5.09. The van der Waals surface area contributed by atoms with Crippen LogP contribution in [0.25, 0.3) is 0 Å². The molecule has 6 nitrogen and oxygen atoms in total. The van der Waals surface area contributed by atoms with Crippen LogP contribution in [0.3, 0.4) is 0 Å². The fraction of sp³-hybridized carbons (Fsp3) is 0.409. The van der Waals surface area contributed by atoms with Gasteiger partial charge in [0.05, 0.1) is 18.8 Å². The Morgan fingerprint density at radius 3 is 2.57 bits per heavy atom. The first kappa shape index (κ1) is 19.9. The molecule has 0 amide bonds. The average Bonchev–Trinajstić information content (AvgIpc) is 2.72. The van der Waals surface area contributed by atoms with E-state index in [-0.39, 0.29) is 0 Å². The number of hydrogen-bond acceptors (Lipinski definition) is 4. The number of aromatic hydroxyl groups is 1. The SMILES string of the molecule is CCNC(=NCc1cccc(OCC)c1)N1CCN(c2ccccc2O)CC1. The van der Waals surface area contributed by atoms with E-state index in [1.807, 2.05) is 43.3 Å². The van der Waals surface area contributed by atoms with E-state index in [4.69, 9.17) is 9.73 Å². The van der Waals surface area contributed by atoms with Crippen LogP contribution in [0, 0.1) is 0 Å². The lowest BCUT2D eigenvalue weighted by molar-refractivity contribution is 0.340. The number of rotatable bonds is 6. The molecule has 6 heteroatoms. The molecule has 0 bridgehead atoms. The van der Waals surface area contributed by atoms with Crippen molar-refractivity contribution < 1.29 is 9.84 Å². The quantitative estimate of drug-likeness (QED) is 0.594. The second kappa shape index (κ2) is 9.88. The Balaban J connectivity index is 1.63. The van der Waals surface area contributed by atoms with Gasteiger partial charge < -0.3 is 25.0 Å². The van der Waals surface area contributed by atoms with Gasteiger partial charge in [0.25, 0.3) is 0 Å². The minimum atomic E-state index is 0.339. The normalized spacial score (nSPS) is 14.9. The van der Waals surface area contributed by atoms with Crippen molar-refractivity contribution in [1.29, 1.82) is 0 Å². The van der Waals surface area contributed by atoms with Crippen LogP contribution in [0.2, 0.25) is 0 Å². The number of phenols is 1. The van der Waals surface area contributed by atoms with E-state index >= 15 is 0 Å². The molecule has 1 fully saturated rings. The number of nitrogens with one attached hydrogen (secondary N) is 1. The first-order valence-electron chi connectivity index (χ1n) is 9.99. The molecular formula is C22H30N4O2. The van der Waals surface area contributed by atoms with E-state index in [2.05, 4.69) is 28.1 Å². The predicted octanol–water partition coefficient (Wildman–Crippen LogP) is 3.08. The molecule has 1 heterocycles. The molecule has 1 aliphatic heterocycles. The highest BCUT2D eigenvalue weighted by Crippen LogP contribution is 2.27. The number of ether oxygens (including phenoxy) is 1. The summed E-state index contributed by atoms with van der Waals surface area (Å²) < 4.78 is 5.58. The summed E-state index contributed by atoms with van der Waals surface area (Å²) in [7, 11) is 0. The first-order chi connectivity index (χ1) is 13.7. The lowest BCUT2D eigenvalue weighted by Crippen LogP contribution is -2.52. The standard InChI is InChI=1S/C22H30N4O2/c1-3-23-22(24-17-18-8-7-9-19(16-18)28-4-2)26-14-12-25(13-15-26)20-10-5-6-11-21(20)27/h5-11,16,27H,3-4,12-15,17H2,1-2H3,(H,23,24). The average molecular weight is 383 g/mol. The van der Waals surface area contributed by atoms with Gasteiger partial charge in [-0.2, -0.15) is 0 Å². The van der Waals surface area contributed by atoms with Crippen molar-refractivity contribution in [1.82, 2.24) is 10.2 Å². The topological polar surface area (TPSA) is 60.3 Å². The highest BCUT2D eigenvalue weighted by molar-refractivity contribution is 5.80. The zero-order valence-electron chi connectivity index (χ0n) is 16.8.